The summed E-state index contributed by atoms with van der Waals surface area (Å²) in [7, 11) is 0. The van der Waals surface area contributed by atoms with Crippen LogP contribution in [0.4, 0.5) is 0 Å². The minimum Gasteiger partial charge on any atom is -0.457 e. The standard InChI is InChI=1S/C25H29NO3/c1-16-5-6-20(8-17(16)2)24-10-18-9-19(11-24)13-25(12-18,15-24)23(28)29-14-22(27)21-4-3-7-26-21/h3-8,18-19,26H,9-15H2,1-2H3/t18-,19+,24?,25?. The summed E-state index contributed by atoms with van der Waals surface area (Å²) in [6, 6.07) is 10.3. The van der Waals surface area contributed by atoms with E-state index in [1.54, 1.807) is 18.3 Å². The number of ether oxygens (including phenoxy) is 1. The van der Waals surface area contributed by atoms with Crippen LogP contribution in [0.15, 0.2) is 36.5 Å². The van der Waals surface area contributed by atoms with Crippen molar-refractivity contribution in [1.82, 2.24) is 4.98 Å². The molecule has 4 aliphatic carbocycles. The largest absolute Gasteiger partial charge is 0.457 e. The average Bonchev–Trinajstić information content (AvgIpc) is 3.22. The number of hydrogen-bond donors (Lipinski definition) is 1. The minimum atomic E-state index is -0.418. The number of aryl methyl sites for hydroxylation is 2. The molecule has 4 fully saturated rings. The van der Waals surface area contributed by atoms with Crippen LogP contribution in [0.1, 0.15) is 65.7 Å². The molecule has 4 bridgehead atoms. The third-order valence-electron chi connectivity index (χ3n) is 7.85. The van der Waals surface area contributed by atoms with Crippen LogP contribution in [-0.4, -0.2) is 23.3 Å². The first-order valence-corrected chi connectivity index (χ1v) is 10.8. The lowest BCUT2D eigenvalue weighted by Gasteiger charge is -2.61. The Morgan fingerprint density at radius 2 is 1.83 bits per heavy atom. The molecule has 4 atom stereocenters. The highest BCUT2D eigenvalue weighted by Gasteiger charge is 2.61. The van der Waals surface area contributed by atoms with Gasteiger partial charge in [0.05, 0.1) is 11.1 Å². The van der Waals surface area contributed by atoms with Crippen LogP contribution >= 0.6 is 0 Å². The van der Waals surface area contributed by atoms with Crippen LogP contribution in [0.2, 0.25) is 0 Å². The molecule has 6 rings (SSSR count). The molecule has 4 nitrogen and oxygen atoms in total. The van der Waals surface area contributed by atoms with E-state index in [2.05, 4.69) is 37.0 Å². The molecule has 152 valence electrons. The molecule has 4 saturated carbocycles. The van der Waals surface area contributed by atoms with Crippen molar-refractivity contribution in [1.29, 1.82) is 0 Å². The van der Waals surface area contributed by atoms with Crippen molar-refractivity contribution in [3.63, 3.8) is 0 Å². The van der Waals surface area contributed by atoms with E-state index in [-0.39, 0.29) is 23.8 Å². The predicted octanol–water partition coefficient (Wildman–Crippen LogP) is 4.90. The highest BCUT2D eigenvalue weighted by atomic mass is 16.5. The number of H-pyrrole nitrogens is 1. The van der Waals surface area contributed by atoms with Crippen LogP contribution < -0.4 is 0 Å². The van der Waals surface area contributed by atoms with Crippen molar-refractivity contribution >= 4 is 11.8 Å². The fraction of sp³-hybridized carbons (Fsp3) is 0.520. The highest BCUT2D eigenvalue weighted by molar-refractivity contribution is 5.96. The molecule has 0 amide bonds. The Bertz CT molecular complexity index is 944. The van der Waals surface area contributed by atoms with Crippen molar-refractivity contribution in [2.45, 2.75) is 57.8 Å². The summed E-state index contributed by atoms with van der Waals surface area (Å²) in [5, 5.41) is 0. The molecular formula is C25H29NO3. The molecule has 1 aromatic carbocycles. The van der Waals surface area contributed by atoms with Gasteiger partial charge in [-0.3, -0.25) is 9.59 Å². The normalized spacial score (nSPS) is 32.3. The van der Waals surface area contributed by atoms with E-state index >= 15 is 0 Å². The molecule has 0 radical (unpaired) electrons. The number of ketones is 1. The maximum absolute atomic E-state index is 13.3. The number of Topliss-reactive ketones (excluding diaryl/α,β-unsaturated/α-hetero) is 1. The smallest absolute Gasteiger partial charge is 0.312 e. The Hall–Kier alpha value is -2.36. The van der Waals surface area contributed by atoms with Gasteiger partial charge in [-0.05, 0) is 98.4 Å². The molecular weight excluding hydrogens is 362 g/mol. The summed E-state index contributed by atoms with van der Waals surface area (Å²) < 4.78 is 5.63. The number of hydrogen-bond acceptors (Lipinski definition) is 3. The van der Waals surface area contributed by atoms with E-state index < -0.39 is 5.41 Å². The fourth-order valence-electron chi connectivity index (χ4n) is 6.78. The summed E-state index contributed by atoms with van der Waals surface area (Å²) in [5.41, 5.74) is 4.20. The minimum absolute atomic E-state index is 0.0883. The first-order chi connectivity index (χ1) is 13.9. The zero-order valence-corrected chi connectivity index (χ0v) is 17.3. The summed E-state index contributed by atoms with van der Waals surface area (Å²) in [4.78, 5) is 28.5. The Morgan fingerprint density at radius 3 is 2.48 bits per heavy atom. The van der Waals surface area contributed by atoms with E-state index in [9.17, 15) is 9.59 Å². The van der Waals surface area contributed by atoms with E-state index in [0.717, 1.165) is 19.3 Å². The van der Waals surface area contributed by atoms with Crippen molar-refractivity contribution in [2.24, 2.45) is 17.3 Å². The lowest BCUT2D eigenvalue weighted by molar-refractivity contribution is -0.172. The molecule has 2 unspecified atom stereocenters. The quantitative estimate of drug-likeness (QED) is 0.583. The number of nitrogens with one attached hydrogen (secondary N) is 1. The molecule has 4 aliphatic rings. The summed E-state index contributed by atoms with van der Waals surface area (Å²) in [5.74, 6) is 0.853. The summed E-state index contributed by atoms with van der Waals surface area (Å²) in [6.07, 6.45) is 8.03. The number of aromatic nitrogens is 1. The Kier molecular flexibility index (Phi) is 4.23. The van der Waals surface area contributed by atoms with Crippen LogP contribution in [0.3, 0.4) is 0 Å². The van der Waals surface area contributed by atoms with Crippen molar-refractivity contribution < 1.29 is 14.3 Å². The molecule has 1 aromatic heterocycles. The fourth-order valence-corrected chi connectivity index (χ4v) is 6.78. The Balaban J connectivity index is 1.39. The second kappa shape index (κ2) is 6.58. The van der Waals surface area contributed by atoms with Crippen molar-refractivity contribution in [2.75, 3.05) is 6.61 Å². The van der Waals surface area contributed by atoms with Gasteiger partial charge in [-0.25, -0.2) is 0 Å². The first kappa shape index (κ1) is 18.7. The number of carbonyl (C=O) groups is 2. The van der Waals surface area contributed by atoms with E-state index in [1.165, 1.54) is 36.0 Å². The van der Waals surface area contributed by atoms with Crippen LogP contribution in [-0.2, 0) is 14.9 Å². The monoisotopic (exact) mass is 391 g/mol. The van der Waals surface area contributed by atoms with Gasteiger partial charge in [-0.1, -0.05) is 18.2 Å². The molecule has 4 heteroatoms. The van der Waals surface area contributed by atoms with Gasteiger partial charge in [-0.2, -0.15) is 0 Å². The van der Waals surface area contributed by atoms with Gasteiger partial charge in [0.2, 0.25) is 5.78 Å². The second-order valence-corrected chi connectivity index (χ2v) is 9.90. The zero-order valence-electron chi connectivity index (χ0n) is 17.3. The van der Waals surface area contributed by atoms with Crippen LogP contribution in [0, 0.1) is 31.1 Å². The van der Waals surface area contributed by atoms with Crippen molar-refractivity contribution in [3.8, 4) is 0 Å². The van der Waals surface area contributed by atoms with Gasteiger partial charge in [0.15, 0.2) is 6.61 Å². The lowest BCUT2D eigenvalue weighted by Crippen LogP contribution is -2.57. The SMILES string of the molecule is Cc1ccc(C23C[C@@H]4C[C@@H](CC(C(=O)OCC(=O)c5ccc[nH]5)(C4)C2)C3)cc1C. The summed E-state index contributed by atoms with van der Waals surface area (Å²) in [6.45, 7) is 4.15. The molecule has 1 heterocycles. The maximum Gasteiger partial charge on any atom is 0.312 e. The Morgan fingerprint density at radius 1 is 1.07 bits per heavy atom. The van der Waals surface area contributed by atoms with Crippen LogP contribution in [0.5, 0.6) is 0 Å². The number of esters is 1. The number of benzene rings is 1. The molecule has 0 saturated heterocycles. The Labute approximate surface area is 172 Å². The molecule has 1 N–H and O–H groups in total. The van der Waals surface area contributed by atoms with E-state index in [0.29, 0.717) is 17.5 Å². The third-order valence-corrected chi connectivity index (χ3v) is 7.85. The highest BCUT2D eigenvalue weighted by Crippen LogP contribution is 2.66. The van der Waals surface area contributed by atoms with E-state index in [4.69, 9.17) is 4.74 Å². The average molecular weight is 392 g/mol. The predicted molar refractivity (Wildman–Crippen MR) is 111 cm³/mol. The number of carbonyl (C=O) groups excluding carboxylic acids is 2. The first-order valence-electron chi connectivity index (χ1n) is 10.8. The zero-order chi connectivity index (χ0) is 20.2. The molecule has 2 aromatic rings. The van der Waals surface area contributed by atoms with Gasteiger partial charge < -0.3 is 9.72 Å². The van der Waals surface area contributed by atoms with E-state index in [1.807, 2.05) is 0 Å². The van der Waals surface area contributed by atoms with Gasteiger partial charge in [0.1, 0.15) is 0 Å². The van der Waals surface area contributed by atoms with Crippen molar-refractivity contribution in [3.05, 3.63) is 58.9 Å². The molecule has 0 aliphatic heterocycles. The molecule has 0 spiro atoms. The van der Waals surface area contributed by atoms with Gasteiger partial charge in [0.25, 0.3) is 0 Å². The topological polar surface area (TPSA) is 59.2 Å². The van der Waals surface area contributed by atoms with Gasteiger partial charge in [0, 0.05) is 6.20 Å². The van der Waals surface area contributed by atoms with Gasteiger partial charge in [-0.15, -0.1) is 0 Å². The maximum atomic E-state index is 13.3. The van der Waals surface area contributed by atoms with Gasteiger partial charge >= 0.3 is 5.97 Å². The third kappa shape index (κ3) is 3.04. The number of rotatable bonds is 5. The number of aromatic amines is 1. The summed E-state index contributed by atoms with van der Waals surface area (Å²) >= 11 is 0. The lowest BCUT2D eigenvalue weighted by atomic mass is 9.43. The second-order valence-electron chi connectivity index (χ2n) is 9.90. The molecule has 29 heavy (non-hydrogen) atoms. The van der Waals surface area contributed by atoms with Crippen LogP contribution in [0.25, 0.3) is 0 Å².